The van der Waals surface area contributed by atoms with E-state index in [4.69, 9.17) is 14.7 Å². The number of para-hydroxylation sites is 1. The number of ether oxygens (including phenoxy) is 1. The van der Waals surface area contributed by atoms with Gasteiger partial charge in [0, 0.05) is 24.4 Å². The van der Waals surface area contributed by atoms with Gasteiger partial charge in [-0.05, 0) is 18.9 Å². The van der Waals surface area contributed by atoms with Crippen molar-refractivity contribution in [1.82, 2.24) is 9.97 Å². The van der Waals surface area contributed by atoms with Crippen molar-refractivity contribution in [3.05, 3.63) is 30.0 Å². The van der Waals surface area contributed by atoms with Crippen LogP contribution in [0.25, 0.3) is 10.9 Å². The number of hydrogen-bond acceptors (Lipinski definition) is 4. The highest BCUT2D eigenvalue weighted by molar-refractivity contribution is 5.82. The summed E-state index contributed by atoms with van der Waals surface area (Å²) in [6.07, 6.45) is 6.56. The third-order valence-corrected chi connectivity index (χ3v) is 4.91. The second kappa shape index (κ2) is 6.21. The van der Waals surface area contributed by atoms with Crippen molar-refractivity contribution in [3.8, 4) is 0 Å². The van der Waals surface area contributed by atoms with Crippen molar-refractivity contribution in [2.45, 2.75) is 38.0 Å². The Kier molecular flexibility index (Phi) is 3.94. The maximum absolute atomic E-state index is 5.46. The van der Waals surface area contributed by atoms with Gasteiger partial charge in [0.05, 0.1) is 24.4 Å². The molecule has 0 unspecified atom stereocenters. The monoisotopic (exact) mass is 297 g/mol. The molecule has 2 aromatic rings. The van der Waals surface area contributed by atoms with Crippen LogP contribution in [0, 0.1) is 0 Å². The van der Waals surface area contributed by atoms with Crippen LogP contribution >= 0.6 is 0 Å². The molecule has 0 N–H and O–H groups in total. The van der Waals surface area contributed by atoms with Gasteiger partial charge < -0.3 is 9.64 Å². The minimum absolute atomic E-state index is 0.599. The molecule has 4 nitrogen and oxygen atoms in total. The number of rotatable bonds is 2. The molecule has 0 bridgehead atoms. The summed E-state index contributed by atoms with van der Waals surface area (Å²) >= 11 is 0. The minimum Gasteiger partial charge on any atom is -0.378 e. The summed E-state index contributed by atoms with van der Waals surface area (Å²) in [6, 6.07) is 8.48. The van der Waals surface area contributed by atoms with Crippen LogP contribution in [0.5, 0.6) is 0 Å². The number of aromatic nitrogens is 2. The van der Waals surface area contributed by atoms with Crippen molar-refractivity contribution in [2.24, 2.45) is 0 Å². The molecule has 0 atom stereocenters. The van der Waals surface area contributed by atoms with E-state index in [1.807, 2.05) is 0 Å². The lowest BCUT2D eigenvalue weighted by Gasteiger charge is -2.29. The summed E-state index contributed by atoms with van der Waals surface area (Å²) in [5, 5.41) is 1.24. The van der Waals surface area contributed by atoms with Gasteiger partial charge in [0.2, 0.25) is 5.95 Å². The molecule has 116 valence electrons. The Balaban J connectivity index is 1.78. The molecule has 1 aromatic carbocycles. The van der Waals surface area contributed by atoms with E-state index in [0.29, 0.717) is 5.92 Å². The molecule has 0 spiro atoms. The Bertz CT molecular complexity index is 646. The van der Waals surface area contributed by atoms with Crippen molar-refractivity contribution in [1.29, 1.82) is 0 Å². The first-order chi connectivity index (χ1) is 10.9. The third-order valence-electron chi connectivity index (χ3n) is 4.91. The van der Waals surface area contributed by atoms with Crippen LogP contribution in [0.1, 0.15) is 43.7 Å². The average molecular weight is 297 g/mol. The van der Waals surface area contributed by atoms with Gasteiger partial charge in [-0.2, -0.15) is 0 Å². The zero-order chi connectivity index (χ0) is 14.8. The zero-order valence-electron chi connectivity index (χ0n) is 13.0. The SMILES string of the molecule is c1ccc2c(C3CCCCC3)nc(N3CCOCC3)nc2c1. The lowest BCUT2D eigenvalue weighted by atomic mass is 9.85. The molecule has 22 heavy (non-hydrogen) atoms. The summed E-state index contributed by atoms with van der Waals surface area (Å²) in [5.74, 6) is 1.49. The normalized spacial score (nSPS) is 20.5. The first-order valence-corrected chi connectivity index (χ1v) is 8.51. The van der Waals surface area contributed by atoms with Crippen molar-refractivity contribution < 1.29 is 4.74 Å². The van der Waals surface area contributed by atoms with E-state index in [-0.39, 0.29) is 0 Å². The molecule has 1 saturated heterocycles. The lowest BCUT2D eigenvalue weighted by Crippen LogP contribution is -2.37. The van der Waals surface area contributed by atoms with E-state index < -0.39 is 0 Å². The van der Waals surface area contributed by atoms with Crippen LogP contribution in [0.15, 0.2) is 24.3 Å². The summed E-state index contributed by atoms with van der Waals surface area (Å²) < 4.78 is 5.46. The molecule has 1 aliphatic carbocycles. The number of morpholine rings is 1. The third kappa shape index (κ3) is 2.68. The number of nitrogens with zero attached hydrogens (tertiary/aromatic N) is 3. The van der Waals surface area contributed by atoms with Crippen molar-refractivity contribution in [3.63, 3.8) is 0 Å². The fourth-order valence-corrected chi connectivity index (χ4v) is 3.68. The molecule has 1 saturated carbocycles. The largest absolute Gasteiger partial charge is 0.378 e. The Morgan fingerprint density at radius 3 is 2.55 bits per heavy atom. The molecular formula is C18H23N3O. The summed E-state index contributed by atoms with van der Waals surface area (Å²) in [4.78, 5) is 12.1. The molecule has 1 aromatic heterocycles. The highest BCUT2D eigenvalue weighted by Gasteiger charge is 2.22. The molecule has 1 aliphatic heterocycles. The Morgan fingerprint density at radius 2 is 1.73 bits per heavy atom. The van der Waals surface area contributed by atoms with Crippen molar-refractivity contribution in [2.75, 3.05) is 31.2 Å². The summed E-state index contributed by atoms with van der Waals surface area (Å²) in [6.45, 7) is 3.33. The van der Waals surface area contributed by atoms with E-state index in [1.54, 1.807) is 0 Å². The summed E-state index contributed by atoms with van der Waals surface area (Å²) in [7, 11) is 0. The second-order valence-electron chi connectivity index (χ2n) is 6.36. The van der Waals surface area contributed by atoms with Crippen LogP contribution in [0.2, 0.25) is 0 Å². The van der Waals surface area contributed by atoms with Gasteiger partial charge in [-0.25, -0.2) is 9.97 Å². The number of benzene rings is 1. The van der Waals surface area contributed by atoms with E-state index in [0.717, 1.165) is 37.8 Å². The number of hydrogen-bond donors (Lipinski definition) is 0. The van der Waals surface area contributed by atoms with Crippen LogP contribution in [-0.2, 0) is 4.74 Å². The van der Waals surface area contributed by atoms with Gasteiger partial charge in [-0.15, -0.1) is 0 Å². The quantitative estimate of drug-likeness (QED) is 0.850. The predicted octanol–water partition coefficient (Wildman–Crippen LogP) is 3.51. The first kappa shape index (κ1) is 13.9. The molecule has 0 radical (unpaired) electrons. The van der Waals surface area contributed by atoms with Gasteiger partial charge in [0.25, 0.3) is 0 Å². The highest BCUT2D eigenvalue weighted by Crippen LogP contribution is 2.35. The average Bonchev–Trinajstić information content (AvgIpc) is 2.62. The zero-order valence-corrected chi connectivity index (χ0v) is 13.0. The molecule has 0 amide bonds. The Morgan fingerprint density at radius 1 is 0.955 bits per heavy atom. The predicted molar refractivity (Wildman–Crippen MR) is 88.4 cm³/mol. The first-order valence-electron chi connectivity index (χ1n) is 8.51. The maximum Gasteiger partial charge on any atom is 0.226 e. The Hall–Kier alpha value is -1.68. The van der Waals surface area contributed by atoms with Crippen LogP contribution in [-0.4, -0.2) is 36.3 Å². The van der Waals surface area contributed by atoms with E-state index >= 15 is 0 Å². The van der Waals surface area contributed by atoms with Gasteiger partial charge in [-0.3, -0.25) is 0 Å². The highest BCUT2D eigenvalue weighted by atomic mass is 16.5. The van der Waals surface area contributed by atoms with Gasteiger partial charge in [-0.1, -0.05) is 37.5 Å². The fraction of sp³-hybridized carbons (Fsp3) is 0.556. The molecule has 2 heterocycles. The van der Waals surface area contributed by atoms with E-state index in [1.165, 1.54) is 43.2 Å². The van der Waals surface area contributed by atoms with Gasteiger partial charge in [0.15, 0.2) is 0 Å². The van der Waals surface area contributed by atoms with Crippen molar-refractivity contribution >= 4 is 16.9 Å². The second-order valence-corrected chi connectivity index (χ2v) is 6.36. The molecule has 2 fully saturated rings. The molecule has 4 rings (SSSR count). The maximum atomic E-state index is 5.46. The molecule has 4 heteroatoms. The lowest BCUT2D eigenvalue weighted by molar-refractivity contribution is 0.122. The molecular weight excluding hydrogens is 274 g/mol. The number of fused-ring (bicyclic) bond motifs is 1. The van der Waals surface area contributed by atoms with Crippen LogP contribution in [0.3, 0.4) is 0 Å². The molecule has 2 aliphatic rings. The minimum atomic E-state index is 0.599. The van der Waals surface area contributed by atoms with E-state index in [2.05, 4.69) is 29.2 Å². The number of anilines is 1. The van der Waals surface area contributed by atoms with Crippen LogP contribution in [0.4, 0.5) is 5.95 Å². The van der Waals surface area contributed by atoms with Gasteiger partial charge in [0.1, 0.15) is 0 Å². The Labute approximate surface area is 131 Å². The topological polar surface area (TPSA) is 38.2 Å². The standard InChI is InChI=1S/C18H23N3O/c1-2-6-14(7-3-1)17-15-8-4-5-9-16(15)19-18(20-17)21-10-12-22-13-11-21/h4-5,8-9,14H,1-3,6-7,10-13H2. The summed E-state index contributed by atoms with van der Waals surface area (Å²) in [5.41, 5.74) is 2.35. The van der Waals surface area contributed by atoms with E-state index in [9.17, 15) is 0 Å². The van der Waals surface area contributed by atoms with Gasteiger partial charge >= 0.3 is 0 Å². The smallest absolute Gasteiger partial charge is 0.226 e. The fourth-order valence-electron chi connectivity index (χ4n) is 3.68. The van der Waals surface area contributed by atoms with Crippen LogP contribution < -0.4 is 4.90 Å².